The Bertz CT molecular complexity index is 3520. The van der Waals surface area contributed by atoms with Gasteiger partial charge in [-0.2, -0.15) is 0 Å². The first kappa shape index (κ1) is 31.7. The topological polar surface area (TPSA) is 21.3 Å². The van der Waals surface area contributed by atoms with Crippen LogP contribution in [0.2, 0.25) is 0 Å². The molecule has 0 atom stereocenters. The summed E-state index contributed by atoms with van der Waals surface area (Å²) in [5.74, 6) is 0. The highest BCUT2D eigenvalue weighted by Crippen LogP contribution is 2.45. The van der Waals surface area contributed by atoms with E-state index in [0.29, 0.717) is 0 Å². The van der Waals surface area contributed by atoms with Gasteiger partial charge < -0.3 is 13.9 Å². The van der Waals surface area contributed by atoms with Crippen molar-refractivity contribution in [2.45, 2.75) is 0 Å². The quantitative estimate of drug-likeness (QED) is 0.165. The van der Waals surface area contributed by atoms with Crippen LogP contribution in [0.1, 0.15) is 0 Å². The molecule has 10 aromatic carbocycles. The fourth-order valence-electron chi connectivity index (χ4n) is 9.06. The van der Waals surface area contributed by atoms with Crippen LogP contribution in [0.5, 0.6) is 0 Å². The first-order chi connectivity index (χ1) is 28.3. The summed E-state index contributed by atoms with van der Waals surface area (Å²) in [5, 5.41) is 11.9. The van der Waals surface area contributed by atoms with E-state index in [2.05, 4.69) is 216 Å². The number of hydrogen-bond acceptors (Lipinski definition) is 2. The van der Waals surface area contributed by atoms with Gasteiger partial charge in [-0.1, -0.05) is 140 Å². The van der Waals surface area contributed by atoms with Gasteiger partial charge in [0.25, 0.3) is 0 Å². The van der Waals surface area contributed by atoms with Gasteiger partial charge in [0.05, 0.1) is 16.7 Å². The third-order valence-corrected chi connectivity index (χ3v) is 11.7. The summed E-state index contributed by atoms with van der Waals surface area (Å²) < 4.78 is 9.29. The summed E-state index contributed by atoms with van der Waals surface area (Å²) in [6.07, 6.45) is 0. The van der Waals surface area contributed by atoms with E-state index in [1.54, 1.807) is 0 Å². The number of furan rings is 1. The van der Waals surface area contributed by atoms with E-state index in [9.17, 15) is 0 Å². The molecular weight excluding hydrogens is 693 g/mol. The maximum atomic E-state index is 6.93. The van der Waals surface area contributed by atoms with Crippen LogP contribution in [0.15, 0.2) is 211 Å². The lowest BCUT2D eigenvalue weighted by atomic mass is 10.00. The molecule has 0 aliphatic carbocycles. The number of rotatable bonds is 5. The summed E-state index contributed by atoms with van der Waals surface area (Å²) >= 11 is 0. The van der Waals surface area contributed by atoms with Gasteiger partial charge in [0.2, 0.25) is 0 Å². The predicted molar refractivity (Wildman–Crippen MR) is 241 cm³/mol. The lowest BCUT2D eigenvalue weighted by Crippen LogP contribution is -2.10. The standard InChI is InChI=1S/C54H34N2O/c1-2-13-40(14-3-1)56-50-19-9-8-17-46(50)49-34-38(26-32-51(49)56)35-23-27-41(28-24-35)55(42-29-31-44-39(33-42)22-21-36-11-4-6-15-43(36)44)52-20-10-18-47-48-30-25-37-12-5-7-16-45(37)53(48)57-54(47)52/h1-34H. The molecule has 12 rings (SSSR count). The van der Waals surface area contributed by atoms with Gasteiger partial charge in [0, 0.05) is 44.0 Å². The minimum atomic E-state index is 0.867. The third-order valence-electron chi connectivity index (χ3n) is 11.7. The van der Waals surface area contributed by atoms with Crippen molar-refractivity contribution in [3.8, 4) is 16.8 Å². The molecule has 3 heteroatoms. The highest BCUT2D eigenvalue weighted by Gasteiger charge is 2.21. The Morgan fingerprint density at radius 3 is 1.79 bits per heavy atom. The molecule has 0 spiro atoms. The number of para-hydroxylation sites is 3. The lowest BCUT2D eigenvalue weighted by Gasteiger charge is -2.26. The molecule has 0 fully saturated rings. The highest BCUT2D eigenvalue weighted by atomic mass is 16.3. The Morgan fingerprint density at radius 1 is 0.333 bits per heavy atom. The first-order valence-electron chi connectivity index (χ1n) is 19.5. The molecule has 0 aliphatic heterocycles. The zero-order valence-corrected chi connectivity index (χ0v) is 30.9. The van der Waals surface area contributed by atoms with Gasteiger partial charge in [-0.05, 0) is 105 Å². The lowest BCUT2D eigenvalue weighted by molar-refractivity contribution is 0.673. The van der Waals surface area contributed by atoms with Gasteiger partial charge >= 0.3 is 0 Å². The molecular formula is C54H34N2O. The Kier molecular flexibility index (Phi) is 6.93. The van der Waals surface area contributed by atoms with Crippen molar-refractivity contribution < 1.29 is 4.42 Å². The summed E-state index contributed by atoms with van der Waals surface area (Å²) in [6, 6.07) is 74.4. The van der Waals surface area contributed by atoms with Gasteiger partial charge in [-0.15, -0.1) is 0 Å². The van der Waals surface area contributed by atoms with Crippen molar-refractivity contribution in [2.24, 2.45) is 0 Å². The van der Waals surface area contributed by atoms with E-state index in [1.807, 2.05) is 0 Å². The normalized spacial score (nSPS) is 11.9. The molecule has 2 heterocycles. The van der Waals surface area contributed by atoms with Crippen molar-refractivity contribution >= 4 is 93.1 Å². The second kappa shape index (κ2) is 12.5. The van der Waals surface area contributed by atoms with Crippen LogP contribution >= 0.6 is 0 Å². The molecule has 57 heavy (non-hydrogen) atoms. The maximum absolute atomic E-state index is 6.93. The summed E-state index contributed by atoms with van der Waals surface area (Å²) in [4.78, 5) is 2.35. The van der Waals surface area contributed by atoms with E-state index >= 15 is 0 Å². The van der Waals surface area contributed by atoms with Gasteiger partial charge in [0.15, 0.2) is 5.58 Å². The minimum absolute atomic E-state index is 0.867. The number of anilines is 3. The van der Waals surface area contributed by atoms with E-state index in [1.165, 1.54) is 54.3 Å². The predicted octanol–water partition coefficient (Wildman–Crippen LogP) is 15.3. The number of hydrogen-bond donors (Lipinski definition) is 0. The fourth-order valence-corrected chi connectivity index (χ4v) is 9.06. The number of aromatic nitrogens is 1. The molecule has 0 aliphatic rings. The second-order valence-electron chi connectivity index (χ2n) is 14.9. The third kappa shape index (κ3) is 4.92. The van der Waals surface area contributed by atoms with Crippen LogP contribution < -0.4 is 4.90 Å². The minimum Gasteiger partial charge on any atom is -0.453 e. The van der Waals surface area contributed by atoms with Crippen molar-refractivity contribution in [1.82, 2.24) is 4.57 Å². The highest BCUT2D eigenvalue weighted by molar-refractivity contribution is 6.18. The van der Waals surface area contributed by atoms with Crippen LogP contribution in [0.4, 0.5) is 17.1 Å². The number of fused-ring (bicyclic) bond motifs is 11. The largest absolute Gasteiger partial charge is 0.453 e. The summed E-state index contributed by atoms with van der Waals surface area (Å²) in [7, 11) is 0. The Labute approximate surface area is 328 Å². The van der Waals surface area contributed by atoms with Crippen LogP contribution in [0.25, 0.3) is 92.9 Å². The molecule has 0 amide bonds. The zero-order valence-electron chi connectivity index (χ0n) is 30.9. The zero-order chi connectivity index (χ0) is 37.5. The Balaban J connectivity index is 1.03. The molecule has 2 aromatic heterocycles. The smallest absolute Gasteiger partial charge is 0.159 e. The van der Waals surface area contributed by atoms with E-state index in [-0.39, 0.29) is 0 Å². The van der Waals surface area contributed by atoms with Crippen LogP contribution in [-0.4, -0.2) is 4.57 Å². The number of benzene rings is 10. The molecule has 12 aromatic rings. The molecule has 0 radical (unpaired) electrons. The van der Waals surface area contributed by atoms with Crippen molar-refractivity contribution in [3.63, 3.8) is 0 Å². The Morgan fingerprint density at radius 2 is 0.930 bits per heavy atom. The van der Waals surface area contributed by atoms with Crippen molar-refractivity contribution in [3.05, 3.63) is 206 Å². The fraction of sp³-hybridized carbons (Fsp3) is 0. The molecule has 266 valence electrons. The number of nitrogens with zero attached hydrogens (tertiary/aromatic N) is 2. The van der Waals surface area contributed by atoms with Crippen LogP contribution in [-0.2, 0) is 0 Å². The van der Waals surface area contributed by atoms with Crippen molar-refractivity contribution in [1.29, 1.82) is 0 Å². The molecule has 0 saturated heterocycles. The SMILES string of the molecule is c1ccc(-n2c3ccccc3c3cc(-c4ccc(N(c5ccc6c(ccc7ccccc76)c5)c5cccc6c5oc5c7ccccc7ccc65)cc4)ccc32)cc1. The molecule has 0 saturated carbocycles. The molecule has 0 N–H and O–H groups in total. The summed E-state index contributed by atoms with van der Waals surface area (Å²) in [6.45, 7) is 0. The second-order valence-corrected chi connectivity index (χ2v) is 14.9. The van der Waals surface area contributed by atoms with Crippen LogP contribution in [0, 0.1) is 0 Å². The monoisotopic (exact) mass is 726 g/mol. The molecule has 3 nitrogen and oxygen atoms in total. The molecule has 0 unspecified atom stereocenters. The average molecular weight is 727 g/mol. The Hall–Kier alpha value is -7.62. The van der Waals surface area contributed by atoms with E-state index in [4.69, 9.17) is 4.42 Å². The van der Waals surface area contributed by atoms with Crippen LogP contribution in [0.3, 0.4) is 0 Å². The van der Waals surface area contributed by atoms with Gasteiger partial charge in [-0.3, -0.25) is 0 Å². The maximum Gasteiger partial charge on any atom is 0.159 e. The molecule has 0 bridgehead atoms. The summed E-state index contributed by atoms with van der Waals surface area (Å²) in [5.41, 5.74) is 10.8. The van der Waals surface area contributed by atoms with E-state index in [0.717, 1.165) is 55.6 Å². The van der Waals surface area contributed by atoms with Gasteiger partial charge in [0.1, 0.15) is 5.58 Å². The average Bonchev–Trinajstić information content (AvgIpc) is 3.83. The van der Waals surface area contributed by atoms with E-state index < -0.39 is 0 Å². The van der Waals surface area contributed by atoms with Crippen molar-refractivity contribution in [2.75, 3.05) is 4.90 Å². The first-order valence-corrected chi connectivity index (χ1v) is 19.5. The van der Waals surface area contributed by atoms with Gasteiger partial charge in [-0.25, -0.2) is 0 Å².